The van der Waals surface area contributed by atoms with Crippen LogP contribution in [0.15, 0.2) is 152 Å². The fraction of sp³-hybridized carbons (Fsp3) is 0.0870. The van der Waals surface area contributed by atoms with Crippen LogP contribution in [-0.2, 0) is 10.8 Å². The first kappa shape index (κ1) is 25.5. The van der Waals surface area contributed by atoms with Crippen LogP contribution in [0.4, 0.5) is 0 Å². The predicted molar refractivity (Wildman–Crippen MR) is 195 cm³/mol. The van der Waals surface area contributed by atoms with Gasteiger partial charge in [-0.05, 0) is 97.1 Å². The predicted octanol–water partition coefficient (Wildman–Crippen LogP) is 11.4. The lowest BCUT2D eigenvalue weighted by Crippen LogP contribution is -2.25. The average Bonchev–Trinajstić information content (AvgIpc) is 3.78. The molecule has 3 aliphatic rings. The van der Waals surface area contributed by atoms with Gasteiger partial charge >= 0.3 is 0 Å². The smallest absolute Gasteiger partial charge is 0.0725 e. The van der Waals surface area contributed by atoms with E-state index in [0.717, 1.165) is 0 Å². The van der Waals surface area contributed by atoms with E-state index in [4.69, 9.17) is 0 Å². The third-order valence-corrected chi connectivity index (χ3v) is 11.6. The molecule has 1 nitrogen and oxygen atoms in total. The highest BCUT2D eigenvalue weighted by molar-refractivity contribution is 6.12. The standard InChI is InChI=1S/C46H31N/c1-45(2)37-18-8-3-15-31(37)35-26-36-33-17-7-12-22-43(33)47(44(36)27-42(35)45)28-23-24-41-34(25-28)32-16-6-11-21-40(32)46(41)38-19-9-4-13-29(38)30-14-5-10-20-39(30)46/h3-27H,1-2H3. The second-order valence-corrected chi connectivity index (χ2v) is 14.1. The van der Waals surface area contributed by atoms with Crippen molar-refractivity contribution in [3.05, 3.63) is 185 Å². The molecular weight excluding hydrogens is 567 g/mol. The molecule has 0 amide bonds. The van der Waals surface area contributed by atoms with E-state index in [1.54, 1.807) is 0 Å². The Kier molecular flexibility index (Phi) is 4.66. The zero-order valence-corrected chi connectivity index (χ0v) is 26.4. The molecule has 0 aliphatic heterocycles. The van der Waals surface area contributed by atoms with Gasteiger partial charge in [-0.25, -0.2) is 0 Å². The molecule has 0 unspecified atom stereocenters. The maximum Gasteiger partial charge on any atom is 0.0725 e. The van der Waals surface area contributed by atoms with Crippen LogP contribution in [0, 0.1) is 0 Å². The lowest BCUT2D eigenvalue weighted by atomic mass is 9.70. The molecule has 47 heavy (non-hydrogen) atoms. The van der Waals surface area contributed by atoms with Gasteiger partial charge in [0.15, 0.2) is 0 Å². The zero-order valence-electron chi connectivity index (χ0n) is 26.4. The van der Waals surface area contributed by atoms with Crippen molar-refractivity contribution >= 4 is 21.8 Å². The fourth-order valence-corrected chi connectivity index (χ4v) is 9.67. The van der Waals surface area contributed by atoms with Crippen molar-refractivity contribution in [1.82, 2.24) is 4.57 Å². The molecule has 1 spiro atoms. The fourth-order valence-electron chi connectivity index (χ4n) is 9.67. The molecule has 0 saturated heterocycles. The number of fused-ring (bicyclic) bond motifs is 16. The number of hydrogen-bond acceptors (Lipinski definition) is 0. The first-order chi connectivity index (χ1) is 23.1. The van der Waals surface area contributed by atoms with E-state index in [0.29, 0.717) is 0 Å². The van der Waals surface area contributed by atoms with Crippen molar-refractivity contribution in [3.63, 3.8) is 0 Å². The zero-order chi connectivity index (χ0) is 31.1. The third kappa shape index (κ3) is 2.93. The van der Waals surface area contributed by atoms with Crippen LogP contribution < -0.4 is 0 Å². The van der Waals surface area contributed by atoms with Gasteiger partial charge in [0.05, 0.1) is 16.4 Å². The maximum absolute atomic E-state index is 2.51. The summed E-state index contributed by atoms with van der Waals surface area (Å²) in [6.45, 7) is 4.75. The number of hydrogen-bond donors (Lipinski definition) is 0. The largest absolute Gasteiger partial charge is 0.309 e. The lowest BCUT2D eigenvalue weighted by molar-refractivity contribution is 0.661. The third-order valence-electron chi connectivity index (χ3n) is 11.6. The van der Waals surface area contributed by atoms with E-state index in [2.05, 4.69) is 170 Å². The Labute approximate surface area is 274 Å². The normalized spacial score (nSPS) is 15.4. The number of benzene rings is 7. The molecule has 0 N–H and O–H groups in total. The van der Waals surface area contributed by atoms with Gasteiger partial charge in [0.2, 0.25) is 0 Å². The summed E-state index contributed by atoms with van der Waals surface area (Å²) in [6, 6.07) is 57.2. The summed E-state index contributed by atoms with van der Waals surface area (Å²) in [6.07, 6.45) is 0. The van der Waals surface area contributed by atoms with Crippen molar-refractivity contribution in [2.45, 2.75) is 24.7 Å². The van der Waals surface area contributed by atoms with E-state index in [1.165, 1.54) is 94.3 Å². The summed E-state index contributed by atoms with van der Waals surface area (Å²) >= 11 is 0. The molecule has 0 fully saturated rings. The molecule has 1 heteroatoms. The minimum Gasteiger partial charge on any atom is -0.309 e. The first-order valence-corrected chi connectivity index (χ1v) is 16.7. The quantitative estimate of drug-likeness (QED) is 0.177. The molecule has 0 radical (unpaired) electrons. The maximum atomic E-state index is 2.51. The van der Waals surface area contributed by atoms with E-state index in [9.17, 15) is 0 Å². The van der Waals surface area contributed by atoms with Gasteiger partial charge in [0, 0.05) is 21.9 Å². The molecule has 220 valence electrons. The van der Waals surface area contributed by atoms with Crippen molar-refractivity contribution in [1.29, 1.82) is 0 Å². The number of nitrogens with zero attached hydrogens (tertiary/aromatic N) is 1. The van der Waals surface area contributed by atoms with Gasteiger partial charge in [-0.1, -0.05) is 135 Å². The van der Waals surface area contributed by atoms with Crippen molar-refractivity contribution in [2.24, 2.45) is 0 Å². The molecule has 1 heterocycles. The van der Waals surface area contributed by atoms with Crippen LogP contribution in [0.2, 0.25) is 0 Å². The molecule has 1 aromatic heterocycles. The van der Waals surface area contributed by atoms with Gasteiger partial charge in [-0.15, -0.1) is 0 Å². The summed E-state index contributed by atoms with van der Waals surface area (Å²) < 4.78 is 2.51. The van der Waals surface area contributed by atoms with Crippen molar-refractivity contribution in [2.75, 3.05) is 0 Å². The van der Waals surface area contributed by atoms with Gasteiger partial charge in [-0.3, -0.25) is 0 Å². The summed E-state index contributed by atoms with van der Waals surface area (Å²) in [5, 5.41) is 2.60. The van der Waals surface area contributed by atoms with Gasteiger partial charge in [0.1, 0.15) is 0 Å². The lowest BCUT2D eigenvalue weighted by Gasteiger charge is -2.30. The van der Waals surface area contributed by atoms with E-state index < -0.39 is 0 Å². The number of para-hydroxylation sites is 1. The number of aromatic nitrogens is 1. The molecule has 3 aliphatic carbocycles. The van der Waals surface area contributed by atoms with Gasteiger partial charge < -0.3 is 4.57 Å². The molecule has 0 atom stereocenters. The molecule has 0 bridgehead atoms. The van der Waals surface area contributed by atoms with Crippen LogP contribution in [0.1, 0.15) is 47.2 Å². The second-order valence-electron chi connectivity index (χ2n) is 14.1. The number of rotatable bonds is 1. The van der Waals surface area contributed by atoms with Crippen LogP contribution in [0.25, 0.3) is 60.9 Å². The summed E-state index contributed by atoms with van der Waals surface area (Å²) in [5.41, 5.74) is 19.7. The summed E-state index contributed by atoms with van der Waals surface area (Å²) in [4.78, 5) is 0. The monoisotopic (exact) mass is 597 g/mol. The van der Waals surface area contributed by atoms with E-state index in [1.807, 2.05) is 0 Å². The Morgan fingerprint density at radius 1 is 0.362 bits per heavy atom. The Balaban J connectivity index is 1.21. The van der Waals surface area contributed by atoms with Crippen LogP contribution in [0.3, 0.4) is 0 Å². The van der Waals surface area contributed by atoms with Crippen LogP contribution in [-0.4, -0.2) is 4.57 Å². The molecular formula is C46H31N. The SMILES string of the molecule is CC1(C)c2ccccc2-c2cc3c4ccccc4n(-c4ccc5c(c4)-c4ccccc4C54c5ccccc5-c5ccccc54)c3cc21. The molecule has 8 aromatic rings. The first-order valence-electron chi connectivity index (χ1n) is 16.7. The molecule has 7 aromatic carbocycles. The second kappa shape index (κ2) is 8.57. The summed E-state index contributed by atoms with van der Waals surface area (Å²) in [5.74, 6) is 0. The molecule has 0 saturated carbocycles. The van der Waals surface area contributed by atoms with Crippen LogP contribution >= 0.6 is 0 Å². The van der Waals surface area contributed by atoms with E-state index in [-0.39, 0.29) is 10.8 Å². The Hall–Kier alpha value is -5.66. The van der Waals surface area contributed by atoms with Gasteiger partial charge in [0.25, 0.3) is 0 Å². The highest BCUT2D eigenvalue weighted by Crippen LogP contribution is 2.63. The highest BCUT2D eigenvalue weighted by atomic mass is 15.0. The average molecular weight is 598 g/mol. The van der Waals surface area contributed by atoms with Crippen LogP contribution in [0.5, 0.6) is 0 Å². The van der Waals surface area contributed by atoms with Gasteiger partial charge in [-0.2, -0.15) is 0 Å². The minimum atomic E-state index is -0.324. The van der Waals surface area contributed by atoms with Crippen molar-refractivity contribution < 1.29 is 0 Å². The Morgan fingerprint density at radius 3 is 1.51 bits per heavy atom. The highest BCUT2D eigenvalue weighted by Gasteiger charge is 2.51. The Morgan fingerprint density at radius 2 is 0.851 bits per heavy atom. The minimum absolute atomic E-state index is 0.0616. The Bertz CT molecular complexity index is 2620. The van der Waals surface area contributed by atoms with Crippen molar-refractivity contribution in [3.8, 4) is 39.1 Å². The topological polar surface area (TPSA) is 4.93 Å². The summed E-state index contributed by atoms with van der Waals surface area (Å²) in [7, 11) is 0. The molecule has 11 rings (SSSR count). The van der Waals surface area contributed by atoms with E-state index >= 15 is 0 Å².